The van der Waals surface area contributed by atoms with Gasteiger partial charge in [0.2, 0.25) is 0 Å². The minimum atomic E-state index is -4.36. The highest BCUT2D eigenvalue weighted by Crippen LogP contribution is 2.55. The van der Waals surface area contributed by atoms with Gasteiger partial charge in [-0.25, -0.2) is 4.79 Å². The van der Waals surface area contributed by atoms with E-state index in [1.54, 1.807) is 6.07 Å². The molecule has 120 valence electrons. The SMILES string of the molecule is O=C(NCc1cccc(C(F)(F)F)c1)NC1CC2(CCC2)C1. The lowest BCUT2D eigenvalue weighted by molar-refractivity contribution is -0.137. The number of hydrogen-bond donors (Lipinski definition) is 2. The lowest BCUT2D eigenvalue weighted by atomic mass is 9.54. The summed E-state index contributed by atoms with van der Waals surface area (Å²) in [4.78, 5) is 11.8. The first-order valence-electron chi connectivity index (χ1n) is 7.57. The van der Waals surface area contributed by atoms with Crippen LogP contribution in [0, 0.1) is 5.41 Å². The summed E-state index contributed by atoms with van der Waals surface area (Å²) in [5, 5.41) is 5.51. The Labute approximate surface area is 127 Å². The van der Waals surface area contributed by atoms with E-state index in [9.17, 15) is 18.0 Å². The Morgan fingerprint density at radius 1 is 1.27 bits per heavy atom. The van der Waals surface area contributed by atoms with Crippen LogP contribution in [0.3, 0.4) is 0 Å². The first-order chi connectivity index (χ1) is 10.4. The van der Waals surface area contributed by atoms with E-state index in [1.807, 2.05) is 0 Å². The normalized spacial score (nSPS) is 20.1. The van der Waals surface area contributed by atoms with Crippen molar-refractivity contribution in [2.75, 3.05) is 0 Å². The minimum absolute atomic E-state index is 0.0909. The largest absolute Gasteiger partial charge is 0.416 e. The van der Waals surface area contributed by atoms with E-state index in [2.05, 4.69) is 10.6 Å². The van der Waals surface area contributed by atoms with E-state index in [-0.39, 0.29) is 18.6 Å². The molecule has 2 aliphatic rings. The second-order valence-corrected chi connectivity index (χ2v) is 6.48. The number of alkyl halides is 3. The molecule has 1 aromatic carbocycles. The number of carbonyl (C=O) groups is 1. The molecule has 0 radical (unpaired) electrons. The summed E-state index contributed by atoms with van der Waals surface area (Å²) in [5.41, 5.74) is 0.228. The molecule has 22 heavy (non-hydrogen) atoms. The number of amides is 2. The number of urea groups is 1. The summed E-state index contributed by atoms with van der Waals surface area (Å²) in [7, 11) is 0. The van der Waals surface area contributed by atoms with E-state index in [1.165, 1.54) is 25.3 Å². The fraction of sp³-hybridized carbons (Fsp3) is 0.562. The van der Waals surface area contributed by atoms with E-state index >= 15 is 0 Å². The topological polar surface area (TPSA) is 41.1 Å². The summed E-state index contributed by atoms with van der Waals surface area (Å²) in [6.45, 7) is 0.0909. The summed E-state index contributed by atoms with van der Waals surface area (Å²) >= 11 is 0. The molecule has 1 spiro atoms. The molecule has 2 amide bonds. The number of rotatable bonds is 3. The van der Waals surface area contributed by atoms with Gasteiger partial charge in [0.15, 0.2) is 0 Å². The van der Waals surface area contributed by atoms with Crippen molar-refractivity contribution in [1.82, 2.24) is 10.6 Å². The van der Waals surface area contributed by atoms with Gasteiger partial charge in [-0.2, -0.15) is 13.2 Å². The smallest absolute Gasteiger partial charge is 0.335 e. The monoisotopic (exact) mass is 312 g/mol. The van der Waals surface area contributed by atoms with E-state index in [0.717, 1.165) is 25.0 Å². The van der Waals surface area contributed by atoms with Crippen LogP contribution in [0.25, 0.3) is 0 Å². The molecule has 1 aromatic rings. The molecule has 3 nitrogen and oxygen atoms in total. The molecule has 0 aliphatic heterocycles. The highest BCUT2D eigenvalue weighted by Gasteiger charge is 2.48. The summed E-state index contributed by atoms with van der Waals surface area (Å²) < 4.78 is 37.8. The molecule has 0 saturated heterocycles. The summed E-state index contributed by atoms with van der Waals surface area (Å²) in [6.07, 6.45) is 1.51. The molecule has 0 unspecified atom stereocenters. The number of halogens is 3. The maximum Gasteiger partial charge on any atom is 0.416 e. The van der Waals surface area contributed by atoms with Crippen LogP contribution < -0.4 is 10.6 Å². The van der Waals surface area contributed by atoms with Gasteiger partial charge in [0.05, 0.1) is 5.56 Å². The molecule has 2 N–H and O–H groups in total. The Morgan fingerprint density at radius 2 is 2.00 bits per heavy atom. The highest BCUT2D eigenvalue weighted by atomic mass is 19.4. The first kappa shape index (κ1) is 15.2. The Hall–Kier alpha value is -1.72. The molecule has 0 heterocycles. The molecular weight excluding hydrogens is 293 g/mol. The van der Waals surface area contributed by atoms with Gasteiger partial charge in [-0.15, -0.1) is 0 Å². The van der Waals surface area contributed by atoms with Crippen LogP contribution >= 0.6 is 0 Å². The third-order valence-corrected chi connectivity index (χ3v) is 4.82. The Balaban J connectivity index is 1.45. The third-order valence-electron chi connectivity index (χ3n) is 4.82. The van der Waals surface area contributed by atoms with Gasteiger partial charge in [-0.05, 0) is 48.8 Å². The van der Waals surface area contributed by atoms with Gasteiger partial charge in [0, 0.05) is 12.6 Å². The summed E-state index contributed by atoms with van der Waals surface area (Å²) in [5.74, 6) is 0. The maximum absolute atomic E-state index is 12.6. The van der Waals surface area contributed by atoms with Crippen LogP contribution in [0.5, 0.6) is 0 Å². The van der Waals surface area contributed by atoms with Crippen molar-refractivity contribution in [3.8, 4) is 0 Å². The van der Waals surface area contributed by atoms with Crippen molar-refractivity contribution in [2.24, 2.45) is 5.41 Å². The molecule has 0 atom stereocenters. The quantitative estimate of drug-likeness (QED) is 0.875. The standard InChI is InChI=1S/C16H19F3N2O/c17-16(18,19)12-4-1-3-11(7-12)10-20-14(22)21-13-8-15(9-13)5-2-6-15/h1,3-4,7,13H,2,5-6,8-10H2,(H2,20,21,22). The molecule has 2 aliphatic carbocycles. The lowest BCUT2D eigenvalue weighted by Gasteiger charge is -2.54. The van der Waals surface area contributed by atoms with E-state index < -0.39 is 11.7 Å². The van der Waals surface area contributed by atoms with Crippen LogP contribution in [0.15, 0.2) is 24.3 Å². The molecule has 6 heteroatoms. The van der Waals surface area contributed by atoms with Crippen molar-refractivity contribution in [3.63, 3.8) is 0 Å². The van der Waals surface area contributed by atoms with Crippen molar-refractivity contribution in [2.45, 2.75) is 50.9 Å². The number of nitrogens with one attached hydrogen (secondary N) is 2. The number of benzene rings is 1. The zero-order valence-corrected chi connectivity index (χ0v) is 12.2. The van der Waals surface area contributed by atoms with Crippen molar-refractivity contribution >= 4 is 6.03 Å². The molecule has 2 saturated carbocycles. The van der Waals surface area contributed by atoms with Crippen LogP contribution in [0.4, 0.5) is 18.0 Å². The van der Waals surface area contributed by atoms with Crippen LogP contribution in [-0.2, 0) is 12.7 Å². The maximum atomic E-state index is 12.6. The van der Waals surface area contributed by atoms with Crippen molar-refractivity contribution in [3.05, 3.63) is 35.4 Å². The number of carbonyl (C=O) groups excluding carboxylic acids is 1. The number of hydrogen-bond acceptors (Lipinski definition) is 1. The predicted octanol–water partition coefficient (Wildman–Crippen LogP) is 3.84. The second-order valence-electron chi connectivity index (χ2n) is 6.48. The van der Waals surface area contributed by atoms with Gasteiger partial charge < -0.3 is 10.6 Å². The summed E-state index contributed by atoms with van der Waals surface area (Å²) in [6, 6.07) is 4.91. The second kappa shape index (κ2) is 5.48. The van der Waals surface area contributed by atoms with Gasteiger partial charge in [-0.3, -0.25) is 0 Å². The predicted molar refractivity (Wildman–Crippen MR) is 76.1 cm³/mol. The Bertz CT molecular complexity index is 559. The van der Waals surface area contributed by atoms with Gasteiger partial charge in [0.1, 0.15) is 0 Å². The van der Waals surface area contributed by atoms with E-state index in [4.69, 9.17) is 0 Å². The molecule has 3 rings (SSSR count). The molecule has 2 fully saturated rings. The fourth-order valence-electron chi connectivity index (χ4n) is 3.45. The molecule has 0 aromatic heterocycles. The van der Waals surface area contributed by atoms with Gasteiger partial charge in [-0.1, -0.05) is 18.6 Å². The van der Waals surface area contributed by atoms with Gasteiger partial charge >= 0.3 is 12.2 Å². The van der Waals surface area contributed by atoms with E-state index in [0.29, 0.717) is 11.0 Å². The van der Waals surface area contributed by atoms with Crippen LogP contribution in [0.1, 0.15) is 43.2 Å². The molecule has 0 bridgehead atoms. The highest BCUT2D eigenvalue weighted by molar-refractivity contribution is 5.74. The van der Waals surface area contributed by atoms with Gasteiger partial charge in [0.25, 0.3) is 0 Å². The van der Waals surface area contributed by atoms with Crippen LogP contribution in [-0.4, -0.2) is 12.1 Å². The van der Waals surface area contributed by atoms with Crippen LogP contribution in [0.2, 0.25) is 0 Å². The zero-order valence-electron chi connectivity index (χ0n) is 12.2. The first-order valence-corrected chi connectivity index (χ1v) is 7.57. The van der Waals surface area contributed by atoms with Crippen molar-refractivity contribution < 1.29 is 18.0 Å². The Morgan fingerprint density at radius 3 is 2.59 bits per heavy atom. The third kappa shape index (κ3) is 3.20. The minimum Gasteiger partial charge on any atom is -0.335 e. The fourth-order valence-corrected chi connectivity index (χ4v) is 3.45. The van der Waals surface area contributed by atoms with Crippen molar-refractivity contribution in [1.29, 1.82) is 0 Å². The average Bonchev–Trinajstić information content (AvgIpc) is 2.37. The average molecular weight is 312 g/mol. The molecular formula is C16H19F3N2O. The lowest BCUT2D eigenvalue weighted by Crippen LogP contribution is -2.55. The Kier molecular flexibility index (Phi) is 3.78. The zero-order chi connectivity index (χ0) is 15.8.